The van der Waals surface area contributed by atoms with Gasteiger partial charge in [0.15, 0.2) is 0 Å². The monoisotopic (exact) mass is 264 g/mol. The second kappa shape index (κ2) is 5.22. The van der Waals surface area contributed by atoms with Crippen molar-refractivity contribution in [1.29, 1.82) is 0 Å². The maximum atomic E-state index is 11.2. The van der Waals surface area contributed by atoms with Crippen LogP contribution in [0.1, 0.15) is 27.4 Å². The molecule has 0 aromatic carbocycles. The van der Waals surface area contributed by atoms with Crippen molar-refractivity contribution in [3.05, 3.63) is 40.9 Å². The maximum Gasteiger partial charge on any atom is 0.338 e. The van der Waals surface area contributed by atoms with Crippen LogP contribution in [0.3, 0.4) is 0 Å². The molecule has 2 aromatic rings. The van der Waals surface area contributed by atoms with E-state index in [4.69, 9.17) is 4.52 Å². The summed E-state index contributed by atoms with van der Waals surface area (Å²) in [4.78, 5) is 15.5. The van der Waals surface area contributed by atoms with Crippen LogP contribution in [0.25, 0.3) is 0 Å². The van der Waals surface area contributed by atoms with Crippen molar-refractivity contribution in [3.8, 4) is 0 Å². The summed E-state index contributed by atoms with van der Waals surface area (Å²) in [6.07, 6.45) is 1.56. The van der Waals surface area contributed by atoms with Gasteiger partial charge in [-0.2, -0.15) is 0 Å². The third kappa shape index (κ3) is 2.70. The van der Waals surface area contributed by atoms with E-state index in [-0.39, 0.29) is 5.56 Å². The van der Waals surface area contributed by atoms with Crippen molar-refractivity contribution >= 4 is 17.7 Å². The zero-order valence-electron chi connectivity index (χ0n) is 10.0. The molecule has 0 amide bonds. The Bertz CT molecular complexity index is 567. The molecule has 0 aliphatic carbocycles. The lowest BCUT2D eigenvalue weighted by Crippen LogP contribution is -2.05. The normalized spacial score (nSPS) is 10.6. The number of pyridine rings is 1. The van der Waals surface area contributed by atoms with Gasteiger partial charge in [0.25, 0.3) is 0 Å². The Hall–Kier alpha value is -1.82. The lowest BCUT2D eigenvalue weighted by Gasteiger charge is -2.08. The Morgan fingerprint density at radius 3 is 2.89 bits per heavy atom. The maximum absolute atomic E-state index is 11.2. The van der Waals surface area contributed by atoms with Gasteiger partial charge >= 0.3 is 5.97 Å². The zero-order chi connectivity index (χ0) is 13.1. The number of hydrogen-bond acceptors (Lipinski definition) is 5. The molecule has 2 rings (SSSR count). The number of aryl methyl sites for hydroxylation is 2. The van der Waals surface area contributed by atoms with E-state index in [1.807, 2.05) is 6.92 Å². The Morgan fingerprint density at radius 1 is 1.50 bits per heavy atom. The summed E-state index contributed by atoms with van der Waals surface area (Å²) in [7, 11) is 0. The number of rotatable bonds is 4. The minimum Gasteiger partial charge on any atom is -0.478 e. The molecule has 0 bridgehead atoms. The van der Waals surface area contributed by atoms with Gasteiger partial charge in [0, 0.05) is 11.8 Å². The van der Waals surface area contributed by atoms with Crippen LogP contribution in [0.2, 0.25) is 0 Å². The predicted molar refractivity (Wildman–Crippen MR) is 66.7 cm³/mol. The number of carboxylic acids is 1. The molecule has 0 saturated carbocycles. The minimum atomic E-state index is -0.958. The molecule has 0 saturated heterocycles. The minimum absolute atomic E-state index is 0.255. The van der Waals surface area contributed by atoms with E-state index in [2.05, 4.69) is 10.1 Å². The largest absolute Gasteiger partial charge is 0.478 e. The smallest absolute Gasteiger partial charge is 0.338 e. The van der Waals surface area contributed by atoms with Crippen molar-refractivity contribution in [2.45, 2.75) is 24.6 Å². The van der Waals surface area contributed by atoms with E-state index in [1.165, 1.54) is 11.8 Å². The van der Waals surface area contributed by atoms with Crippen molar-refractivity contribution in [2.24, 2.45) is 0 Å². The van der Waals surface area contributed by atoms with Gasteiger partial charge in [-0.1, -0.05) is 16.9 Å². The van der Waals surface area contributed by atoms with Crippen LogP contribution in [0.5, 0.6) is 0 Å². The first-order valence-corrected chi connectivity index (χ1v) is 6.30. The van der Waals surface area contributed by atoms with Gasteiger partial charge in [-0.15, -0.1) is 0 Å². The van der Waals surface area contributed by atoms with Gasteiger partial charge in [0.1, 0.15) is 10.8 Å². The van der Waals surface area contributed by atoms with Gasteiger partial charge < -0.3 is 9.63 Å². The topological polar surface area (TPSA) is 76.2 Å². The first kappa shape index (κ1) is 12.6. The quantitative estimate of drug-likeness (QED) is 0.855. The van der Waals surface area contributed by atoms with Gasteiger partial charge in [0.2, 0.25) is 0 Å². The molecule has 6 heteroatoms. The highest BCUT2D eigenvalue weighted by molar-refractivity contribution is 7.98. The van der Waals surface area contributed by atoms with E-state index >= 15 is 0 Å². The SMILES string of the molecule is Cc1cc(C)c(C(=O)O)c(SCc2ccno2)n1. The van der Waals surface area contributed by atoms with Crippen LogP contribution in [0.15, 0.2) is 27.9 Å². The summed E-state index contributed by atoms with van der Waals surface area (Å²) in [5.41, 5.74) is 1.78. The predicted octanol–water partition coefficient (Wildman–Crippen LogP) is 2.68. The standard InChI is InChI=1S/C12H12N2O3S/c1-7-5-8(2)14-11(10(7)12(15)16)18-6-9-3-4-13-17-9/h3-5H,6H2,1-2H3,(H,15,16). The lowest BCUT2D eigenvalue weighted by atomic mass is 10.1. The lowest BCUT2D eigenvalue weighted by molar-refractivity contribution is 0.0691. The number of carboxylic acid groups (broad SMARTS) is 1. The van der Waals surface area contributed by atoms with Gasteiger partial charge in [0.05, 0.1) is 17.5 Å². The molecule has 94 valence electrons. The number of aromatic carboxylic acids is 1. The molecule has 0 aliphatic heterocycles. The summed E-state index contributed by atoms with van der Waals surface area (Å²) in [5.74, 6) is 0.244. The molecular formula is C12H12N2O3S. The van der Waals surface area contributed by atoms with Crippen LogP contribution >= 0.6 is 11.8 Å². The molecular weight excluding hydrogens is 252 g/mol. The number of thioether (sulfide) groups is 1. The molecule has 0 unspecified atom stereocenters. The molecule has 5 nitrogen and oxygen atoms in total. The van der Waals surface area contributed by atoms with Gasteiger partial charge in [-0.3, -0.25) is 0 Å². The molecule has 0 spiro atoms. The summed E-state index contributed by atoms with van der Waals surface area (Å²) < 4.78 is 4.97. The second-order valence-electron chi connectivity index (χ2n) is 3.83. The van der Waals surface area contributed by atoms with Crippen molar-refractivity contribution in [1.82, 2.24) is 10.1 Å². The Balaban J connectivity index is 2.28. The van der Waals surface area contributed by atoms with E-state index < -0.39 is 5.97 Å². The van der Waals surface area contributed by atoms with Crippen LogP contribution in [0, 0.1) is 13.8 Å². The summed E-state index contributed by atoms with van der Waals surface area (Å²) in [6.45, 7) is 3.62. The molecule has 2 aromatic heterocycles. The van der Waals surface area contributed by atoms with Crippen molar-refractivity contribution in [2.75, 3.05) is 0 Å². The Kier molecular flexibility index (Phi) is 3.66. The first-order valence-electron chi connectivity index (χ1n) is 5.32. The van der Waals surface area contributed by atoms with Crippen LogP contribution < -0.4 is 0 Å². The summed E-state index contributed by atoms with van der Waals surface area (Å²) >= 11 is 1.34. The highest BCUT2D eigenvalue weighted by Gasteiger charge is 2.16. The fourth-order valence-corrected chi connectivity index (χ4v) is 2.65. The van der Waals surface area contributed by atoms with E-state index in [0.29, 0.717) is 16.5 Å². The fraction of sp³-hybridized carbons (Fsp3) is 0.250. The molecule has 18 heavy (non-hydrogen) atoms. The van der Waals surface area contributed by atoms with Crippen molar-refractivity contribution in [3.63, 3.8) is 0 Å². The first-order chi connectivity index (χ1) is 8.58. The fourth-order valence-electron chi connectivity index (χ4n) is 1.62. The molecule has 0 atom stereocenters. The van der Waals surface area contributed by atoms with E-state index in [1.54, 1.807) is 25.3 Å². The zero-order valence-corrected chi connectivity index (χ0v) is 10.8. The van der Waals surface area contributed by atoms with Crippen molar-refractivity contribution < 1.29 is 14.4 Å². The number of nitrogens with zero attached hydrogens (tertiary/aromatic N) is 2. The Morgan fingerprint density at radius 2 is 2.28 bits per heavy atom. The Labute approximate surface area is 108 Å². The summed E-state index contributed by atoms with van der Waals surface area (Å²) in [6, 6.07) is 3.51. The molecule has 0 fully saturated rings. The number of hydrogen-bond donors (Lipinski definition) is 1. The van der Waals surface area contributed by atoms with E-state index in [9.17, 15) is 9.90 Å². The van der Waals surface area contributed by atoms with E-state index in [0.717, 1.165) is 11.3 Å². The third-order valence-corrected chi connectivity index (χ3v) is 3.37. The van der Waals surface area contributed by atoms with Gasteiger partial charge in [-0.05, 0) is 25.5 Å². The molecule has 0 radical (unpaired) electrons. The highest BCUT2D eigenvalue weighted by Crippen LogP contribution is 2.27. The highest BCUT2D eigenvalue weighted by atomic mass is 32.2. The number of carbonyl (C=O) groups is 1. The molecule has 0 aliphatic rings. The van der Waals surface area contributed by atoms with Crippen LogP contribution in [-0.4, -0.2) is 21.2 Å². The average molecular weight is 264 g/mol. The van der Waals surface area contributed by atoms with Gasteiger partial charge in [-0.25, -0.2) is 9.78 Å². The third-order valence-electron chi connectivity index (χ3n) is 2.37. The molecule has 2 heterocycles. The average Bonchev–Trinajstić information content (AvgIpc) is 2.77. The number of aromatic nitrogens is 2. The van der Waals surface area contributed by atoms with Crippen LogP contribution in [-0.2, 0) is 5.75 Å². The second-order valence-corrected chi connectivity index (χ2v) is 4.80. The van der Waals surface area contributed by atoms with Crippen LogP contribution in [0.4, 0.5) is 0 Å². The molecule has 1 N–H and O–H groups in total. The summed E-state index contributed by atoms with van der Waals surface area (Å²) in [5, 5.41) is 13.3.